The molecule has 0 aliphatic carbocycles. The van der Waals surface area contributed by atoms with Crippen molar-refractivity contribution >= 4 is 17.3 Å². The number of anilines is 1. The highest BCUT2D eigenvalue weighted by Crippen LogP contribution is 2.27. The van der Waals surface area contributed by atoms with Crippen molar-refractivity contribution in [1.82, 2.24) is 5.32 Å². The summed E-state index contributed by atoms with van der Waals surface area (Å²) in [7, 11) is 0. The molecule has 1 aliphatic rings. The van der Waals surface area contributed by atoms with Gasteiger partial charge >= 0.3 is 0 Å². The van der Waals surface area contributed by atoms with Crippen LogP contribution in [-0.2, 0) is 0 Å². The lowest BCUT2D eigenvalue weighted by Crippen LogP contribution is -2.58. The topological polar surface area (TPSA) is 15.3 Å². The minimum Gasteiger partial charge on any atom is -0.365 e. The molecule has 2 unspecified atom stereocenters. The van der Waals surface area contributed by atoms with Gasteiger partial charge in [-0.25, -0.2) is 0 Å². The van der Waals surface area contributed by atoms with Gasteiger partial charge in [0.1, 0.15) is 0 Å². The van der Waals surface area contributed by atoms with Gasteiger partial charge in [-0.2, -0.15) is 0 Å². The van der Waals surface area contributed by atoms with E-state index in [9.17, 15) is 0 Å². The molecule has 1 fully saturated rings. The molecular weight excluding hydrogens is 268 g/mol. The predicted molar refractivity (Wildman–Crippen MR) is 88.7 cm³/mol. The van der Waals surface area contributed by atoms with Crippen molar-refractivity contribution in [3.8, 4) is 0 Å². The Bertz CT molecular complexity index is 431. The Morgan fingerprint density at radius 2 is 2.05 bits per heavy atom. The maximum absolute atomic E-state index is 6.17. The Balaban J connectivity index is 2.18. The zero-order valence-corrected chi connectivity index (χ0v) is 13.8. The lowest BCUT2D eigenvalue weighted by molar-refractivity contribution is 0.310. The highest BCUT2D eigenvalue weighted by molar-refractivity contribution is 6.30. The molecule has 0 radical (unpaired) electrons. The number of nitrogens with zero attached hydrogens (tertiary/aromatic N) is 1. The molecule has 2 nitrogen and oxygen atoms in total. The van der Waals surface area contributed by atoms with E-state index in [2.05, 4.69) is 56.1 Å². The molecule has 3 heteroatoms. The standard InChI is InChI=1S/C17H27ClN2/c1-12(2)8-15-11-20(17(10-19-15)13(3)4)16-7-5-6-14(18)9-16/h5-7,9,12-13,15,17,19H,8,10-11H2,1-4H3. The summed E-state index contributed by atoms with van der Waals surface area (Å²) in [5, 5.41) is 4.54. The van der Waals surface area contributed by atoms with Crippen LogP contribution in [0.2, 0.25) is 5.02 Å². The van der Waals surface area contributed by atoms with Gasteiger partial charge in [0.25, 0.3) is 0 Å². The lowest BCUT2D eigenvalue weighted by atomic mass is 9.94. The monoisotopic (exact) mass is 294 g/mol. The second kappa shape index (κ2) is 6.82. The van der Waals surface area contributed by atoms with Crippen LogP contribution in [0.3, 0.4) is 0 Å². The molecule has 0 saturated carbocycles. The van der Waals surface area contributed by atoms with E-state index >= 15 is 0 Å². The fraction of sp³-hybridized carbons (Fsp3) is 0.647. The van der Waals surface area contributed by atoms with Crippen molar-refractivity contribution in [3.05, 3.63) is 29.3 Å². The fourth-order valence-corrected chi connectivity index (χ4v) is 3.29. The summed E-state index contributed by atoms with van der Waals surface area (Å²) in [6, 6.07) is 9.38. The van der Waals surface area contributed by atoms with E-state index in [1.807, 2.05) is 6.07 Å². The van der Waals surface area contributed by atoms with E-state index in [0.717, 1.165) is 24.0 Å². The first-order valence-corrected chi connectivity index (χ1v) is 8.10. The number of benzene rings is 1. The Morgan fingerprint density at radius 3 is 2.65 bits per heavy atom. The molecule has 1 aromatic rings. The normalized spacial score (nSPS) is 23.6. The quantitative estimate of drug-likeness (QED) is 0.896. The third-order valence-corrected chi connectivity index (χ3v) is 4.33. The Morgan fingerprint density at radius 1 is 1.30 bits per heavy atom. The maximum Gasteiger partial charge on any atom is 0.0438 e. The highest BCUT2D eigenvalue weighted by atomic mass is 35.5. The van der Waals surface area contributed by atoms with E-state index in [1.54, 1.807) is 0 Å². The zero-order valence-electron chi connectivity index (χ0n) is 13.1. The first-order valence-electron chi connectivity index (χ1n) is 7.73. The third kappa shape index (κ3) is 3.89. The molecule has 0 spiro atoms. The molecule has 0 amide bonds. The van der Waals surface area contributed by atoms with Crippen LogP contribution in [0, 0.1) is 11.8 Å². The number of hydrogen-bond acceptors (Lipinski definition) is 2. The second-order valence-corrected chi connectivity index (χ2v) is 7.11. The summed E-state index contributed by atoms with van der Waals surface area (Å²) in [5.41, 5.74) is 1.26. The molecule has 1 aromatic carbocycles. The van der Waals surface area contributed by atoms with Gasteiger partial charge in [-0.05, 0) is 36.5 Å². The van der Waals surface area contributed by atoms with E-state index < -0.39 is 0 Å². The highest BCUT2D eigenvalue weighted by Gasteiger charge is 2.30. The first kappa shape index (κ1) is 15.7. The molecule has 2 rings (SSSR count). The van der Waals surface area contributed by atoms with Gasteiger partial charge in [-0.15, -0.1) is 0 Å². The second-order valence-electron chi connectivity index (χ2n) is 6.68. The average molecular weight is 295 g/mol. The Labute approximate surface area is 128 Å². The van der Waals surface area contributed by atoms with Gasteiger partial charge in [-0.1, -0.05) is 45.4 Å². The van der Waals surface area contributed by atoms with E-state index in [4.69, 9.17) is 11.6 Å². The van der Waals surface area contributed by atoms with Crippen molar-refractivity contribution in [2.75, 3.05) is 18.0 Å². The molecule has 1 saturated heterocycles. The summed E-state index contributed by atoms with van der Waals surface area (Å²) in [5.74, 6) is 1.35. The van der Waals surface area contributed by atoms with Gasteiger partial charge in [0.15, 0.2) is 0 Å². The van der Waals surface area contributed by atoms with E-state index in [1.165, 1.54) is 12.1 Å². The molecular formula is C17H27ClN2. The van der Waals surface area contributed by atoms with Crippen molar-refractivity contribution in [2.24, 2.45) is 11.8 Å². The van der Waals surface area contributed by atoms with Crippen molar-refractivity contribution < 1.29 is 0 Å². The number of piperazine rings is 1. The average Bonchev–Trinajstić information content (AvgIpc) is 2.37. The number of hydrogen-bond donors (Lipinski definition) is 1. The number of nitrogens with one attached hydrogen (secondary N) is 1. The van der Waals surface area contributed by atoms with Crippen LogP contribution in [0.25, 0.3) is 0 Å². The minimum absolute atomic E-state index is 0.539. The SMILES string of the molecule is CC(C)CC1CN(c2cccc(Cl)c2)C(C(C)C)CN1. The molecule has 112 valence electrons. The van der Waals surface area contributed by atoms with Crippen LogP contribution >= 0.6 is 11.6 Å². The number of rotatable bonds is 4. The smallest absolute Gasteiger partial charge is 0.0438 e. The van der Waals surface area contributed by atoms with Gasteiger partial charge in [0.2, 0.25) is 0 Å². The molecule has 1 N–H and O–H groups in total. The molecule has 20 heavy (non-hydrogen) atoms. The summed E-state index contributed by atoms with van der Waals surface area (Å²) in [4.78, 5) is 2.54. The molecule has 0 aromatic heterocycles. The van der Waals surface area contributed by atoms with Crippen molar-refractivity contribution in [2.45, 2.75) is 46.2 Å². The molecule has 1 heterocycles. The van der Waals surface area contributed by atoms with Gasteiger partial charge < -0.3 is 10.2 Å². The van der Waals surface area contributed by atoms with Crippen LogP contribution in [0.1, 0.15) is 34.1 Å². The first-order chi connectivity index (χ1) is 9.47. The maximum atomic E-state index is 6.17. The Hall–Kier alpha value is -0.730. The van der Waals surface area contributed by atoms with Crippen molar-refractivity contribution in [1.29, 1.82) is 0 Å². The molecule has 0 bridgehead atoms. The predicted octanol–water partition coefficient (Wildman–Crippen LogP) is 4.19. The van der Waals surface area contributed by atoms with E-state index in [-0.39, 0.29) is 0 Å². The van der Waals surface area contributed by atoms with E-state index in [0.29, 0.717) is 18.0 Å². The summed E-state index contributed by atoms with van der Waals surface area (Å²) < 4.78 is 0. The lowest BCUT2D eigenvalue weighted by Gasteiger charge is -2.44. The minimum atomic E-state index is 0.539. The Kier molecular flexibility index (Phi) is 5.34. The zero-order chi connectivity index (χ0) is 14.7. The van der Waals surface area contributed by atoms with Crippen LogP contribution in [0.4, 0.5) is 5.69 Å². The molecule has 2 atom stereocenters. The van der Waals surface area contributed by atoms with Gasteiger partial charge in [-0.3, -0.25) is 0 Å². The van der Waals surface area contributed by atoms with Crippen LogP contribution < -0.4 is 10.2 Å². The summed E-state index contributed by atoms with van der Waals surface area (Å²) in [6.45, 7) is 11.3. The van der Waals surface area contributed by atoms with Gasteiger partial charge in [0, 0.05) is 35.9 Å². The summed E-state index contributed by atoms with van der Waals surface area (Å²) >= 11 is 6.17. The largest absolute Gasteiger partial charge is 0.365 e. The van der Waals surface area contributed by atoms with Crippen LogP contribution in [0.5, 0.6) is 0 Å². The molecule has 1 aliphatic heterocycles. The van der Waals surface area contributed by atoms with Crippen LogP contribution in [0.15, 0.2) is 24.3 Å². The van der Waals surface area contributed by atoms with Gasteiger partial charge in [0.05, 0.1) is 0 Å². The fourth-order valence-electron chi connectivity index (χ4n) is 3.11. The number of halogens is 1. The van der Waals surface area contributed by atoms with Crippen molar-refractivity contribution in [3.63, 3.8) is 0 Å². The summed E-state index contributed by atoms with van der Waals surface area (Å²) in [6.07, 6.45) is 1.22. The third-order valence-electron chi connectivity index (χ3n) is 4.10. The van der Waals surface area contributed by atoms with Crippen LogP contribution in [-0.4, -0.2) is 25.2 Å².